The smallest absolute Gasteiger partial charge is 0.332 e. The average Bonchev–Trinajstić information content (AvgIpc) is 3.15. The van der Waals surface area contributed by atoms with Gasteiger partial charge in [-0.3, -0.25) is 18.5 Å². The minimum absolute atomic E-state index is 0.317. The molecule has 7 heteroatoms. The molecule has 0 radical (unpaired) electrons. The molecule has 0 amide bonds. The summed E-state index contributed by atoms with van der Waals surface area (Å²) >= 11 is 0. The van der Waals surface area contributed by atoms with Crippen LogP contribution < -0.4 is 16.6 Å². The van der Waals surface area contributed by atoms with Crippen LogP contribution in [0.4, 0.5) is 5.95 Å². The third kappa shape index (κ3) is 3.34. The molecule has 0 bridgehead atoms. The molecule has 1 aliphatic rings. The van der Waals surface area contributed by atoms with Crippen LogP contribution in [0.5, 0.6) is 0 Å². The third-order valence-corrected chi connectivity index (χ3v) is 6.49. The molecule has 160 valence electrons. The van der Waals surface area contributed by atoms with Crippen molar-refractivity contribution in [1.29, 1.82) is 0 Å². The van der Waals surface area contributed by atoms with Gasteiger partial charge in [0, 0.05) is 20.1 Å². The maximum atomic E-state index is 13.1. The summed E-state index contributed by atoms with van der Waals surface area (Å²) in [5, 5.41) is 5.90. The molecule has 0 atom stereocenters. The highest BCUT2D eigenvalue weighted by molar-refractivity contribution is 5.86. The van der Waals surface area contributed by atoms with Crippen LogP contribution in [0, 0.1) is 0 Å². The number of hydrogen-bond acceptors (Lipinski definition) is 4. The fraction of sp³-hybridized carbons (Fsp3) is 0.375. The van der Waals surface area contributed by atoms with E-state index in [9.17, 15) is 9.59 Å². The van der Waals surface area contributed by atoms with Gasteiger partial charge in [-0.2, -0.15) is 4.98 Å². The number of nitrogens with one attached hydrogen (secondary N) is 1. The van der Waals surface area contributed by atoms with E-state index in [0.717, 1.165) is 33.7 Å². The lowest BCUT2D eigenvalue weighted by atomic mass is 9.96. The molecule has 0 spiro atoms. The second-order valence-corrected chi connectivity index (χ2v) is 8.52. The van der Waals surface area contributed by atoms with Crippen molar-refractivity contribution < 1.29 is 0 Å². The normalized spacial score (nSPS) is 15.0. The Labute approximate surface area is 180 Å². The summed E-state index contributed by atoms with van der Waals surface area (Å²) in [5.41, 5.74) is 1.31. The van der Waals surface area contributed by atoms with Crippen molar-refractivity contribution in [3.63, 3.8) is 0 Å². The second-order valence-electron chi connectivity index (χ2n) is 8.52. The maximum absolute atomic E-state index is 13.1. The standard InChI is InChI=1S/C24H27N5O2/c1-27-21-20(22(30)28(2)24(27)31)29(23(26-21)25-18-12-4-3-5-13-18)15-17-11-8-10-16-9-6-7-14-19(16)17/h6-11,14,18H,3-5,12-13,15H2,1-2H3,(H,25,26). The number of aromatic nitrogens is 4. The van der Waals surface area contributed by atoms with Gasteiger partial charge in [-0.15, -0.1) is 0 Å². The van der Waals surface area contributed by atoms with Gasteiger partial charge in [-0.25, -0.2) is 4.79 Å². The molecule has 0 unspecified atom stereocenters. The second kappa shape index (κ2) is 7.72. The Hall–Kier alpha value is -3.35. The Bertz CT molecular complexity index is 1380. The number of imidazole rings is 1. The third-order valence-electron chi connectivity index (χ3n) is 6.49. The van der Waals surface area contributed by atoms with Gasteiger partial charge in [0.2, 0.25) is 5.95 Å². The van der Waals surface area contributed by atoms with Crippen molar-refractivity contribution in [2.75, 3.05) is 5.32 Å². The molecule has 2 heterocycles. The molecule has 2 aromatic carbocycles. The molecule has 0 saturated heterocycles. The lowest BCUT2D eigenvalue weighted by molar-refractivity contribution is 0.459. The highest BCUT2D eigenvalue weighted by Gasteiger charge is 2.22. The summed E-state index contributed by atoms with van der Waals surface area (Å²) in [6.07, 6.45) is 5.84. The SMILES string of the molecule is Cn1c(=O)c2c(nc(NC3CCCCC3)n2Cc2cccc3ccccc23)n(C)c1=O. The predicted octanol–water partition coefficient (Wildman–Crippen LogP) is 3.38. The van der Waals surface area contributed by atoms with Crippen LogP contribution in [0.2, 0.25) is 0 Å². The molecule has 4 aromatic rings. The van der Waals surface area contributed by atoms with Crippen LogP contribution in [0.1, 0.15) is 37.7 Å². The van der Waals surface area contributed by atoms with E-state index in [4.69, 9.17) is 4.98 Å². The Morgan fingerprint density at radius 2 is 1.71 bits per heavy atom. The van der Waals surface area contributed by atoms with Gasteiger partial charge < -0.3 is 5.32 Å². The number of aryl methyl sites for hydroxylation is 1. The van der Waals surface area contributed by atoms with Gasteiger partial charge in [0.25, 0.3) is 5.56 Å². The van der Waals surface area contributed by atoms with Gasteiger partial charge in [-0.1, -0.05) is 61.7 Å². The van der Waals surface area contributed by atoms with E-state index in [2.05, 4.69) is 29.6 Å². The van der Waals surface area contributed by atoms with Crippen LogP contribution in [-0.4, -0.2) is 24.7 Å². The first-order valence-electron chi connectivity index (χ1n) is 10.9. The Morgan fingerprint density at radius 3 is 2.52 bits per heavy atom. The molecule has 7 nitrogen and oxygen atoms in total. The van der Waals surface area contributed by atoms with E-state index in [0.29, 0.717) is 29.7 Å². The Balaban J connectivity index is 1.71. The molecule has 31 heavy (non-hydrogen) atoms. The minimum atomic E-state index is -0.364. The molecular formula is C24H27N5O2. The highest BCUT2D eigenvalue weighted by Crippen LogP contribution is 2.26. The molecule has 1 fully saturated rings. The molecule has 5 rings (SSSR count). The van der Waals surface area contributed by atoms with Gasteiger partial charge >= 0.3 is 5.69 Å². The predicted molar refractivity (Wildman–Crippen MR) is 124 cm³/mol. The molecule has 1 N–H and O–H groups in total. The summed E-state index contributed by atoms with van der Waals surface area (Å²) in [4.78, 5) is 30.4. The summed E-state index contributed by atoms with van der Waals surface area (Å²) in [6.45, 7) is 0.500. The van der Waals surface area contributed by atoms with Crippen molar-refractivity contribution >= 4 is 27.9 Å². The van der Waals surface area contributed by atoms with E-state index >= 15 is 0 Å². The molecule has 0 aliphatic heterocycles. The molecule has 1 saturated carbocycles. The fourth-order valence-corrected chi connectivity index (χ4v) is 4.74. The van der Waals surface area contributed by atoms with Crippen molar-refractivity contribution in [2.24, 2.45) is 14.1 Å². The van der Waals surface area contributed by atoms with E-state index in [1.54, 1.807) is 7.05 Å². The Kier molecular flexibility index (Phi) is 4.88. The van der Waals surface area contributed by atoms with Crippen molar-refractivity contribution in [3.8, 4) is 0 Å². The van der Waals surface area contributed by atoms with Crippen LogP contribution in [0.15, 0.2) is 52.1 Å². The topological polar surface area (TPSA) is 73.8 Å². The first-order valence-corrected chi connectivity index (χ1v) is 10.9. The largest absolute Gasteiger partial charge is 0.353 e. The summed E-state index contributed by atoms with van der Waals surface area (Å²) in [7, 11) is 3.19. The number of nitrogens with zero attached hydrogens (tertiary/aromatic N) is 4. The zero-order valence-corrected chi connectivity index (χ0v) is 18.0. The van der Waals surface area contributed by atoms with E-state index in [1.165, 1.54) is 30.9 Å². The van der Waals surface area contributed by atoms with Crippen molar-refractivity contribution in [1.82, 2.24) is 18.7 Å². The zero-order chi connectivity index (χ0) is 21.5. The quantitative estimate of drug-likeness (QED) is 0.552. The lowest BCUT2D eigenvalue weighted by Crippen LogP contribution is -2.37. The van der Waals surface area contributed by atoms with Crippen LogP contribution >= 0.6 is 0 Å². The fourth-order valence-electron chi connectivity index (χ4n) is 4.74. The Morgan fingerprint density at radius 1 is 0.968 bits per heavy atom. The summed E-state index contributed by atoms with van der Waals surface area (Å²) in [5.74, 6) is 0.660. The van der Waals surface area contributed by atoms with Gasteiger partial charge in [0.05, 0.1) is 6.54 Å². The van der Waals surface area contributed by atoms with Crippen LogP contribution in [0.25, 0.3) is 21.9 Å². The van der Waals surface area contributed by atoms with Gasteiger partial charge in [0.1, 0.15) is 0 Å². The monoisotopic (exact) mass is 417 g/mol. The highest BCUT2D eigenvalue weighted by atomic mass is 16.2. The molecule has 2 aromatic heterocycles. The van der Waals surface area contributed by atoms with Crippen LogP contribution in [0.3, 0.4) is 0 Å². The average molecular weight is 418 g/mol. The first-order chi connectivity index (χ1) is 15.0. The van der Waals surface area contributed by atoms with E-state index in [-0.39, 0.29) is 11.2 Å². The summed E-state index contributed by atoms with van der Waals surface area (Å²) < 4.78 is 4.57. The van der Waals surface area contributed by atoms with Crippen LogP contribution in [-0.2, 0) is 20.6 Å². The number of rotatable bonds is 4. The van der Waals surface area contributed by atoms with E-state index < -0.39 is 0 Å². The van der Waals surface area contributed by atoms with Gasteiger partial charge in [-0.05, 0) is 29.2 Å². The number of fused-ring (bicyclic) bond motifs is 2. The zero-order valence-electron chi connectivity index (χ0n) is 18.0. The lowest BCUT2D eigenvalue weighted by Gasteiger charge is -2.23. The summed E-state index contributed by atoms with van der Waals surface area (Å²) in [6, 6.07) is 14.8. The maximum Gasteiger partial charge on any atom is 0.332 e. The van der Waals surface area contributed by atoms with E-state index in [1.807, 2.05) is 22.8 Å². The molecule has 1 aliphatic carbocycles. The number of hydrogen-bond donors (Lipinski definition) is 1. The van der Waals surface area contributed by atoms with Gasteiger partial charge in [0.15, 0.2) is 11.2 Å². The minimum Gasteiger partial charge on any atom is -0.353 e. The van der Waals surface area contributed by atoms with Crippen molar-refractivity contribution in [2.45, 2.75) is 44.7 Å². The number of benzene rings is 2. The van der Waals surface area contributed by atoms with Crippen molar-refractivity contribution in [3.05, 3.63) is 68.9 Å². The number of anilines is 1. The molecular weight excluding hydrogens is 390 g/mol. The first kappa shape index (κ1) is 19.6.